The Kier molecular flexibility index (Phi) is 16.7. The number of rotatable bonds is 10. The second-order valence-corrected chi connectivity index (χ2v) is 10.4. The lowest BCUT2D eigenvalue weighted by atomic mass is 9.85. The van der Waals surface area contributed by atoms with Crippen LogP contribution in [-0.4, -0.2) is 32.5 Å². The summed E-state index contributed by atoms with van der Waals surface area (Å²) in [6.45, 7) is 18.5. The molecule has 2 atom stereocenters. The fraction of sp³-hybridized carbons (Fsp3) is 0.500. The van der Waals surface area contributed by atoms with Crippen LogP contribution in [0.15, 0.2) is 48.0 Å². The molecule has 1 aliphatic heterocycles. The van der Waals surface area contributed by atoms with Crippen molar-refractivity contribution in [1.29, 1.82) is 0 Å². The third kappa shape index (κ3) is 15.2. The number of hydrogen-bond acceptors (Lipinski definition) is 3. The van der Waals surface area contributed by atoms with Gasteiger partial charge >= 0.3 is 0 Å². The van der Waals surface area contributed by atoms with Crippen LogP contribution in [0.2, 0.25) is 0 Å². The van der Waals surface area contributed by atoms with Crippen LogP contribution in [0.4, 0.5) is 10.1 Å². The molecule has 0 bridgehead atoms. The second-order valence-electron chi connectivity index (χ2n) is 9.97. The minimum atomic E-state index is -0.247. The van der Waals surface area contributed by atoms with E-state index in [-0.39, 0.29) is 11.7 Å². The van der Waals surface area contributed by atoms with Crippen molar-refractivity contribution in [1.82, 2.24) is 10.6 Å². The zero-order valence-electron chi connectivity index (χ0n) is 22.1. The predicted molar refractivity (Wildman–Crippen MR) is 147 cm³/mol. The first-order valence-corrected chi connectivity index (χ1v) is 12.4. The van der Waals surface area contributed by atoms with E-state index in [4.69, 9.17) is 11.6 Å². The Morgan fingerprint density at radius 3 is 2.40 bits per heavy atom. The molecule has 1 fully saturated rings. The van der Waals surface area contributed by atoms with Crippen LogP contribution >= 0.6 is 11.6 Å². The molecule has 0 saturated carbocycles. The average Bonchev–Trinajstić information content (AvgIpc) is 3.25. The van der Waals surface area contributed by atoms with Crippen LogP contribution in [0, 0.1) is 24.1 Å². The summed E-state index contributed by atoms with van der Waals surface area (Å²) >= 11 is 5.87. The van der Waals surface area contributed by atoms with Crippen LogP contribution in [0.1, 0.15) is 64.5 Å². The van der Waals surface area contributed by atoms with Crippen LogP contribution < -0.4 is 16.0 Å². The van der Waals surface area contributed by atoms with Gasteiger partial charge in [0.15, 0.2) is 0 Å². The van der Waals surface area contributed by atoms with Crippen molar-refractivity contribution in [2.45, 2.75) is 60.3 Å². The molecule has 0 aliphatic carbocycles. The number of amides is 2. The summed E-state index contributed by atoms with van der Waals surface area (Å²) in [5.74, 6) is 0.223. The number of halogens is 2. The number of allylic oxidation sites excluding steroid dienone is 5. The number of aryl methyl sites for hydroxylation is 1. The van der Waals surface area contributed by atoms with E-state index < -0.39 is 0 Å². The van der Waals surface area contributed by atoms with Gasteiger partial charge in [-0.15, -0.1) is 0 Å². The van der Waals surface area contributed by atoms with Crippen LogP contribution in [0.25, 0.3) is 0 Å². The minimum Gasteiger partial charge on any atom is -0.359 e. The molecule has 1 aromatic rings. The van der Waals surface area contributed by atoms with Gasteiger partial charge in [-0.05, 0) is 67.0 Å². The molecule has 1 heterocycles. The highest BCUT2D eigenvalue weighted by molar-refractivity contribution is 6.31. The van der Waals surface area contributed by atoms with Gasteiger partial charge in [0.25, 0.3) is 0 Å². The van der Waals surface area contributed by atoms with E-state index in [1.54, 1.807) is 31.2 Å². The molecule has 0 unspecified atom stereocenters. The third-order valence-corrected chi connectivity index (χ3v) is 5.07. The molecule has 1 saturated heterocycles. The molecule has 0 aromatic heterocycles. The molecule has 2 rings (SSSR count). The van der Waals surface area contributed by atoms with E-state index in [0.29, 0.717) is 40.4 Å². The monoisotopic (exact) mass is 507 g/mol. The largest absolute Gasteiger partial charge is 0.359 e. The highest BCUT2D eigenvalue weighted by Gasteiger charge is 2.29. The van der Waals surface area contributed by atoms with Gasteiger partial charge in [0.05, 0.1) is 0 Å². The Labute approximate surface area is 216 Å². The van der Waals surface area contributed by atoms with Crippen molar-refractivity contribution < 1.29 is 14.0 Å². The zero-order valence-corrected chi connectivity index (χ0v) is 22.8. The number of benzene rings is 1. The molecule has 0 radical (unpaired) electrons. The number of nitrogens with one attached hydrogen (secondary N) is 3. The maximum absolute atomic E-state index is 14.0. The number of hydrogen-bond donors (Lipinski definition) is 3. The summed E-state index contributed by atoms with van der Waals surface area (Å²) in [6, 6.07) is 3.24. The molecular formula is C28H43ClFN3O2. The summed E-state index contributed by atoms with van der Waals surface area (Å²) in [5.41, 5.74) is 2.55. The molecule has 1 aromatic carbocycles. The highest BCUT2D eigenvalue weighted by atomic mass is 35.5. The summed E-state index contributed by atoms with van der Waals surface area (Å²) in [4.78, 5) is 20.3. The van der Waals surface area contributed by atoms with Crippen LogP contribution in [-0.2, 0) is 9.59 Å². The van der Waals surface area contributed by atoms with Crippen LogP contribution in [0.3, 0.4) is 0 Å². The first-order valence-electron chi connectivity index (χ1n) is 12.0. The van der Waals surface area contributed by atoms with Crippen molar-refractivity contribution in [2.24, 2.45) is 11.3 Å². The maximum atomic E-state index is 14.0. The summed E-state index contributed by atoms with van der Waals surface area (Å²) in [5, 5.41) is 9.16. The lowest BCUT2D eigenvalue weighted by Crippen LogP contribution is -2.13. The van der Waals surface area contributed by atoms with Gasteiger partial charge in [-0.3, -0.25) is 9.59 Å². The minimum absolute atomic E-state index is 0.144. The van der Waals surface area contributed by atoms with Gasteiger partial charge in [0, 0.05) is 29.7 Å². The topological polar surface area (TPSA) is 70.2 Å². The van der Waals surface area contributed by atoms with Crippen molar-refractivity contribution in [3.8, 4) is 0 Å². The quantitative estimate of drug-likeness (QED) is 0.193. The standard InChI is InChI=1S/C19H22ClFN2O.C5H12.C4H9NO/c1-3-15(20)7-5-4-6-14-10-22-11-17(14)16-9-18(21)13(2)8-19(16)23-12-24;1-5(2,3)4;1-2-3-5-4-6/h3-5,7-9,12,14,17,22H,1,6,10-11H2,2H3,(H,23,24);1-4H3;4H,2-3H2,1H3,(H,5,6)/b5-4-,15-7+;;/t14-,17+;;/m0../s1. The third-order valence-electron chi connectivity index (χ3n) is 4.79. The zero-order chi connectivity index (χ0) is 26.9. The first-order chi connectivity index (χ1) is 16.5. The van der Waals surface area contributed by atoms with Gasteiger partial charge in [0.2, 0.25) is 12.8 Å². The Morgan fingerprint density at radius 1 is 1.23 bits per heavy atom. The van der Waals surface area contributed by atoms with Crippen molar-refractivity contribution in [3.63, 3.8) is 0 Å². The maximum Gasteiger partial charge on any atom is 0.211 e. The number of anilines is 1. The summed E-state index contributed by atoms with van der Waals surface area (Å²) in [6.07, 6.45) is 10.5. The lowest BCUT2D eigenvalue weighted by molar-refractivity contribution is -0.109. The van der Waals surface area contributed by atoms with Gasteiger partial charge in [-0.1, -0.05) is 71.0 Å². The number of carbonyl (C=O) groups excluding carboxylic acids is 2. The summed E-state index contributed by atoms with van der Waals surface area (Å²) in [7, 11) is 0. The molecular weight excluding hydrogens is 465 g/mol. The van der Waals surface area contributed by atoms with Crippen molar-refractivity contribution in [2.75, 3.05) is 25.0 Å². The first kappa shape index (κ1) is 32.6. The van der Waals surface area contributed by atoms with Gasteiger partial charge < -0.3 is 16.0 Å². The fourth-order valence-electron chi connectivity index (χ4n) is 3.22. The lowest BCUT2D eigenvalue weighted by Gasteiger charge is -2.21. The van der Waals surface area contributed by atoms with Gasteiger partial charge in [-0.25, -0.2) is 4.39 Å². The van der Waals surface area contributed by atoms with E-state index in [1.165, 1.54) is 0 Å². The molecule has 5 nitrogen and oxygen atoms in total. The molecule has 7 heteroatoms. The van der Waals surface area contributed by atoms with Crippen LogP contribution in [0.5, 0.6) is 0 Å². The molecule has 196 valence electrons. The highest BCUT2D eigenvalue weighted by Crippen LogP contribution is 2.36. The Bertz CT molecular complexity index is 841. The van der Waals surface area contributed by atoms with E-state index in [9.17, 15) is 14.0 Å². The molecule has 35 heavy (non-hydrogen) atoms. The molecule has 1 aliphatic rings. The molecule has 2 amide bonds. The summed E-state index contributed by atoms with van der Waals surface area (Å²) < 4.78 is 14.0. The Balaban J connectivity index is 0.000000877. The second kappa shape index (κ2) is 17.9. The average molecular weight is 508 g/mol. The van der Waals surface area contributed by atoms with E-state index in [2.05, 4.69) is 50.2 Å². The SMILES string of the molecule is C=C/C(Cl)=C\C=C/C[C@H]1CNC[C@H]1c1cc(F)c(C)cc1NC=O.CC(C)(C)C.CCCNC=O. The van der Waals surface area contributed by atoms with Crippen molar-refractivity contribution >= 4 is 30.1 Å². The van der Waals surface area contributed by atoms with E-state index in [1.807, 2.05) is 19.1 Å². The predicted octanol–water partition coefficient (Wildman–Crippen LogP) is 6.46. The van der Waals surface area contributed by atoms with Crippen molar-refractivity contribution in [3.05, 3.63) is 65.0 Å². The Morgan fingerprint density at radius 2 is 1.89 bits per heavy atom. The Hall–Kier alpha value is -2.44. The fourth-order valence-corrected chi connectivity index (χ4v) is 3.29. The molecule has 3 N–H and O–H groups in total. The normalized spacial score (nSPS) is 17.5. The van der Waals surface area contributed by atoms with Gasteiger partial charge in [0.1, 0.15) is 5.82 Å². The van der Waals surface area contributed by atoms with Gasteiger partial charge in [-0.2, -0.15) is 0 Å². The van der Waals surface area contributed by atoms with E-state index in [0.717, 1.165) is 38.0 Å². The smallest absolute Gasteiger partial charge is 0.211 e. The molecule has 0 spiro atoms. The number of carbonyl (C=O) groups is 2. The van der Waals surface area contributed by atoms with E-state index >= 15 is 0 Å².